The Morgan fingerprint density at radius 3 is 1.42 bits per heavy atom. The van der Waals surface area contributed by atoms with Gasteiger partial charge in [-0.3, -0.25) is 8.37 Å². The zero-order valence-electron chi connectivity index (χ0n) is 10.8. The fraction of sp³-hybridized carbons (Fsp3) is 1.00. The summed E-state index contributed by atoms with van der Waals surface area (Å²) < 4.78 is 55.2. The predicted molar refractivity (Wildman–Crippen MR) is 69.3 cm³/mol. The zero-order chi connectivity index (χ0) is 13.9. The van der Waals surface area contributed by atoms with Crippen molar-refractivity contribution in [2.45, 2.75) is 38.5 Å². The van der Waals surface area contributed by atoms with Gasteiger partial charge in [0.15, 0.2) is 0 Å². The molecule has 112 valence electrons. The molecule has 19 heavy (non-hydrogen) atoms. The second-order valence-corrected chi connectivity index (χ2v) is 8.99. The Morgan fingerprint density at radius 2 is 1.11 bits per heavy atom. The summed E-state index contributed by atoms with van der Waals surface area (Å²) in [5, 5.41) is -1.09. The molecular weight excluding hydrogens is 292 g/mol. The van der Waals surface area contributed by atoms with Crippen LogP contribution in [0.2, 0.25) is 0 Å². The summed E-state index contributed by atoms with van der Waals surface area (Å²) >= 11 is 0. The van der Waals surface area contributed by atoms with E-state index in [9.17, 15) is 16.8 Å². The molecule has 2 rings (SSSR count). The van der Waals surface area contributed by atoms with Crippen LogP contribution in [0.1, 0.15) is 38.5 Å². The van der Waals surface area contributed by atoms with E-state index in [0.717, 1.165) is 25.7 Å². The largest absolute Gasteiger partial charge is 0.284 e. The first kappa shape index (κ1) is 15.2. The van der Waals surface area contributed by atoms with Crippen molar-refractivity contribution in [1.29, 1.82) is 0 Å². The highest BCUT2D eigenvalue weighted by molar-refractivity contribution is 8.03. The lowest BCUT2D eigenvalue weighted by Crippen LogP contribution is -2.21. The van der Waals surface area contributed by atoms with Crippen LogP contribution < -0.4 is 0 Å². The first-order chi connectivity index (χ1) is 8.86. The van der Waals surface area contributed by atoms with Crippen molar-refractivity contribution in [3.63, 3.8) is 0 Å². The normalized spacial score (nSPS) is 20.6. The second-order valence-electron chi connectivity index (χ2n) is 5.34. The first-order valence-electron chi connectivity index (χ1n) is 6.60. The van der Waals surface area contributed by atoms with E-state index < -0.39 is 25.3 Å². The van der Waals surface area contributed by atoms with E-state index in [4.69, 9.17) is 0 Å². The van der Waals surface area contributed by atoms with Crippen LogP contribution in [0.4, 0.5) is 0 Å². The quantitative estimate of drug-likeness (QED) is 0.564. The average Bonchev–Trinajstić information content (AvgIpc) is 3.09. The fourth-order valence-electron chi connectivity index (χ4n) is 1.74. The molecule has 0 spiro atoms. The Kier molecular flexibility index (Phi) is 4.86. The fourth-order valence-corrected chi connectivity index (χ4v) is 4.40. The Bertz CT molecular complexity index is 441. The lowest BCUT2D eigenvalue weighted by Gasteiger charge is -2.07. The monoisotopic (exact) mass is 312 g/mol. The van der Waals surface area contributed by atoms with E-state index in [-0.39, 0.29) is 13.2 Å². The standard InChI is InChI=1S/C11H20O6S2/c12-18(13,16-7-5-10-1-2-10)9-19(14,15)17-8-6-11-3-4-11/h10-11H,1-9H2. The topological polar surface area (TPSA) is 86.7 Å². The predicted octanol–water partition coefficient (Wildman–Crippen LogP) is 1.24. The summed E-state index contributed by atoms with van der Waals surface area (Å²) in [5.74, 6) is 1.09. The highest BCUT2D eigenvalue weighted by atomic mass is 32.3. The van der Waals surface area contributed by atoms with Gasteiger partial charge in [0.05, 0.1) is 13.2 Å². The molecule has 2 aliphatic rings. The van der Waals surface area contributed by atoms with Crippen molar-refractivity contribution in [3.05, 3.63) is 0 Å². The van der Waals surface area contributed by atoms with Gasteiger partial charge in [-0.2, -0.15) is 16.8 Å². The van der Waals surface area contributed by atoms with Crippen molar-refractivity contribution < 1.29 is 25.2 Å². The van der Waals surface area contributed by atoms with Crippen LogP contribution in [-0.4, -0.2) is 35.1 Å². The van der Waals surface area contributed by atoms with Crippen molar-refractivity contribution in [1.82, 2.24) is 0 Å². The van der Waals surface area contributed by atoms with E-state index in [0.29, 0.717) is 24.7 Å². The first-order valence-corrected chi connectivity index (χ1v) is 9.76. The average molecular weight is 312 g/mol. The molecule has 2 aliphatic carbocycles. The molecule has 0 N–H and O–H groups in total. The molecular formula is C11H20O6S2. The van der Waals surface area contributed by atoms with Gasteiger partial charge in [0.2, 0.25) is 5.08 Å². The van der Waals surface area contributed by atoms with Gasteiger partial charge in [0, 0.05) is 0 Å². The number of rotatable bonds is 10. The number of hydrogen-bond donors (Lipinski definition) is 0. The van der Waals surface area contributed by atoms with Gasteiger partial charge in [-0.05, 0) is 24.7 Å². The van der Waals surface area contributed by atoms with Crippen LogP contribution in [0, 0.1) is 11.8 Å². The molecule has 0 aromatic carbocycles. The summed E-state index contributed by atoms with van der Waals surface area (Å²) in [6, 6.07) is 0. The Hall–Kier alpha value is -0.180. The maximum atomic E-state index is 11.5. The van der Waals surface area contributed by atoms with Gasteiger partial charge in [0.25, 0.3) is 20.2 Å². The summed E-state index contributed by atoms with van der Waals surface area (Å²) in [4.78, 5) is 0. The van der Waals surface area contributed by atoms with Crippen molar-refractivity contribution in [3.8, 4) is 0 Å². The van der Waals surface area contributed by atoms with Gasteiger partial charge in [-0.1, -0.05) is 25.7 Å². The zero-order valence-corrected chi connectivity index (χ0v) is 12.4. The summed E-state index contributed by atoms with van der Waals surface area (Å²) in [5.41, 5.74) is 0. The van der Waals surface area contributed by atoms with Gasteiger partial charge >= 0.3 is 0 Å². The Labute approximate surface area is 114 Å². The van der Waals surface area contributed by atoms with Crippen LogP contribution in [-0.2, 0) is 28.6 Å². The van der Waals surface area contributed by atoms with E-state index >= 15 is 0 Å². The van der Waals surface area contributed by atoms with E-state index in [1.54, 1.807) is 0 Å². The van der Waals surface area contributed by atoms with E-state index in [2.05, 4.69) is 8.37 Å². The third kappa shape index (κ3) is 6.69. The maximum Gasteiger partial charge on any atom is 0.284 e. The van der Waals surface area contributed by atoms with Crippen molar-refractivity contribution >= 4 is 20.2 Å². The molecule has 0 aromatic rings. The molecule has 0 heterocycles. The molecule has 2 fully saturated rings. The summed E-state index contributed by atoms with van der Waals surface area (Å²) in [7, 11) is -8.11. The molecule has 0 aromatic heterocycles. The molecule has 8 heteroatoms. The van der Waals surface area contributed by atoms with Gasteiger partial charge in [0.1, 0.15) is 0 Å². The lowest BCUT2D eigenvalue weighted by molar-refractivity contribution is 0.297. The van der Waals surface area contributed by atoms with Gasteiger partial charge in [-0.15, -0.1) is 0 Å². The van der Waals surface area contributed by atoms with Crippen LogP contribution in [0.15, 0.2) is 0 Å². The molecule has 0 bridgehead atoms. The highest BCUT2D eigenvalue weighted by Crippen LogP contribution is 2.33. The smallest absolute Gasteiger partial charge is 0.269 e. The van der Waals surface area contributed by atoms with Gasteiger partial charge in [-0.25, -0.2) is 0 Å². The molecule has 2 saturated carbocycles. The minimum absolute atomic E-state index is 0.0601. The van der Waals surface area contributed by atoms with E-state index in [1.807, 2.05) is 0 Å². The molecule has 0 atom stereocenters. The molecule has 0 radical (unpaired) electrons. The highest BCUT2D eigenvalue weighted by Gasteiger charge is 2.27. The second kappa shape index (κ2) is 6.07. The van der Waals surface area contributed by atoms with Crippen molar-refractivity contribution in [2.24, 2.45) is 11.8 Å². The Morgan fingerprint density at radius 1 is 0.737 bits per heavy atom. The summed E-state index contributed by atoms with van der Waals surface area (Å²) in [6.45, 7) is 0.120. The minimum atomic E-state index is -4.06. The summed E-state index contributed by atoms with van der Waals surface area (Å²) in [6.07, 6.45) is 5.75. The van der Waals surface area contributed by atoms with Gasteiger partial charge < -0.3 is 0 Å². The SMILES string of the molecule is O=S(=O)(CS(=O)(=O)OCCC1CC1)OCCC1CC1. The third-order valence-corrected chi connectivity index (χ3v) is 6.62. The molecule has 0 amide bonds. The van der Waals surface area contributed by atoms with Crippen molar-refractivity contribution in [2.75, 3.05) is 18.3 Å². The lowest BCUT2D eigenvalue weighted by atomic mass is 10.3. The van der Waals surface area contributed by atoms with E-state index in [1.165, 1.54) is 0 Å². The molecule has 0 saturated heterocycles. The Balaban J connectivity index is 1.68. The van der Waals surface area contributed by atoms with Crippen LogP contribution >= 0.6 is 0 Å². The van der Waals surface area contributed by atoms with Crippen LogP contribution in [0.25, 0.3) is 0 Å². The molecule has 0 unspecified atom stereocenters. The molecule has 6 nitrogen and oxygen atoms in total. The van der Waals surface area contributed by atoms with Crippen LogP contribution in [0.3, 0.4) is 0 Å². The number of hydrogen-bond acceptors (Lipinski definition) is 6. The molecule has 0 aliphatic heterocycles. The van der Waals surface area contributed by atoms with Crippen LogP contribution in [0.5, 0.6) is 0 Å². The third-order valence-electron chi connectivity index (χ3n) is 3.26. The minimum Gasteiger partial charge on any atom is -0.269 e. The maximum absolute atomic E-state index is 11.5.